The highest BCUT2D eigenvalue weighted by Crippen LogP contribution is 2.10. The Labute approximate surface area is 120 Å². The Bertz CT molecular complexity index is 380. The first-order valence-electron chi connectivity index (χ1n) is 6.82. The molecule has 0 aliphatic rings. The summed E-state index contributed by atoms with van der Waals surface area (Å²) in [5.74, 6) is 0. The highest BCUT2D eigenvalue weighted by Gasteiger charge is 2.10. The van der Waals surface area contributed by atoms with Crippen molar-refractivity contribution in [2.24, 2.45) is 0 Å². The average molecular weight is 284 g/mol. The summed E-state index contributed by atoms with van der Waals surface area (Å²) in [6, 6.07) is 2.16. The van der Waals surface area contributed by atoms with E-state index in [4.69, 9.17) is 17.0 Å². The Balaban J connectivity index is 2.28. The fourth-order valence-electron chi connectivity index (χ4n) is 1.82. The monoisotopic (exact) mass is 284 g/mol. The molecule has 0 saturated heterocycles. The van der Waals surface area contributed by atoms with Crippen molar-refractivity contribution in [3.63, 3.8) is 0 Å². The molecule has 0 aromatic carbocycles. The van der Waals surface area contributed by atoms with Crippen LogP contribution < -0.4 is 10.6 Å². The van der Waals surface area contributed by atoms with Gasteiger partial charge in [0.05, 0.1) is 11.7 Å². The number of hydrogen-bond acceptors (Lipinski definition) is 3. The summed E-state index contributed by atoms with van der Waals surface area (Å²) in [6.45, 7) is 9.38. The molecule has 0 aliphatic carbocycles. The lowest BCUT2D eigenvalue weighted by Crippen LogP contribution is -2.38. The van der Waals surface area contributed by atoms with Crippen molar-refractivity contribution >= 4 is 17.3 Å². The molecule has 0 bridgehead atoms. The summed E-state index contributed by atoms with van der Waals surface area (Å²) >= 11 is 5.27. The second-order valence-corrected chi connectivity index (χ2v) is 4.65. The number of nitrogens with zero attached hydrogens (tertiary/aromatic N) is 2. The fraction of sp³-hybridized carbons (Fsp3) is 0.692. The predicted molar refractivity (Wildman–Crippen MR) is 81.2 cm³/mol. The van der Waals surface area contributed by atoms with Crippen LogP contribution in [-0.2, 0) is 11.3 Å². The van der Waals surface area contributed by atoms with Crippen molar-refractivity contribution in [3.05, 3.63) is 18.0 Å². The standard InChI is InChI=1S/C13H24N4OS/c1-4-17-12(7-9-15-17)11(3)16-13(19)14-8-6-10-18-5-2/h7,9,11H,4-6,8,10H2,1-3H3,(H2,14,16,19). The largest absolute Gasteiger partial charge is 0.382 e. The van der Waals surface area contributed by atoms with E-state index in [-0.39, 0.29) is 6.04 Å². The van der Waals surface area contributed by atoms with Crippen LogP contribution in [-0.4, -0.2) is 34.7 Å². The molecule has 1 atom stereocenters. The minimum atomic E-state index is 0.148. The van der Waals surface area contributed by atoms with Crippen LogP contribution in [0.25, 0.3) is 0 Å². The summed E-state index contributed by atoms with van der Waals surface area (Å²) in [4.78, 5) is 0. The average Bonchev–Trinajstić information content (AvgIpc) is 2.86. The third-order valence-electron chi connectivity index (χ3n) is 2.80. The van der Waals surface area contributed by atoms with Gasteiger partial charge in [0.2, 0.25) is 0 Å². The molecule has 19 heavy (non-hydrogen) atoms. The second kappa shape index (κ2) is 8.87. The zero-order chi connectivity index (χ0) is 14.1. The quantitative estimate of drug-likeness (QED) is 0.564. The molecular formula is C13H24N4OS. The van der Waals surface area contributed by atoms with Crippen LogP contribution in [0, 0.1) is 0 Å². The van der Waals surface area contributed by atoms with Gasteiger partial charge >= 0.3 is 0 Å². The van der Waals surface area contributed by atoms with Gasteiger partial charge in [-0.3, -0.25) is 4.68 Å². The highest BCUT2D eigenvalue weighted by atomic mass is 32.1. The maximum atomic E-state index is 5.27. The van der Waals surface area contributed by atoms with Crippen LogP contribution in [0.5, 0.6) is 0 Å². The number of rotatable bonds is 8. The van der Waals surface area contributed by atoms with E-state index in [1.54, 1.807) is 0 Å². The van der Waals surface area contributed by atoms with E-state index in [2.05, 4.69) is 29.6 Å². The first-order valence-corrected chi connectivity index (χ1v) is 7.23. The molecule has 1 aromatic rings. The molecule has 2 N–H and O–H groups in total. The van der Waals surface area contributed by atoms with Gasteiger partial charge in [0.15, 0.2) is 5.11 Å². The van der Waals surface area contributed by atoms with E-state index in [1.165, 1.54) is 0 Å². The van der Waals surface area contributed by atoms with Gasteiger partial charge in [0.25, 0.3) is 0 Å². The Morgan fingerprint density at radius 1 is 1.53 bits per heavy atom. The Morgan fingerprint density at radius 3 is 3.00 bits per heavy atom. The van der Waals surface area contributed by atoms with E-state index in [9.17, 15) is 0 Å². The third-order valence-corrected chi connectivity index (χ3v) is 3.06. The second-order valence-electron chi connectivity index (χ2n) is 4.24. The Morgan fingerprint density at radius 2 is 2.32 bits per heavy atom. The molecule has 108 valence electrons. The van der Waals surface area contributed by atoms with Gasteiger partial charge < -0.3 is 15.4 Å². The molecule has 0 aliphatic heterocycles. The molecule has 0 spiro atoms. The number of aryl methyl sites for hydroxylation is 1. The van der Waals surface area contributed by atoms with Crippen LogP contribution in [0.4, 0.5) is 0 Å². The number of aromatic nitrogens is 2. The van der Waals surface area contributed by atoms with Crippen LogP contribution in [0.1, 0.15) is 38.9 Å². The maximum absolute atomic E-state index is 5.27. The third kappa shape index (κ3) is 5.57. The van der Waals surface area contributed by atoms with Gasteiger partial charge in [-0.15, -0.1) is 0 Å². The van der Waals surface area contributed by atoms with E-state index in [0.717, 1.165) is 38.4 Å². The number of nitrogens with one attached hydrogen (secondary N) is 2. The minimum absolute atomic E-state index is 0.148. The highest BCUT2D eigenvalue weighted by molar-refractivity contribution is 7.80. The lowest BCUT2D eigenvalue weighted by Gasteiger charge is -2.18. The van der Waals surface area contributed by atoms with Crippen LogP contribution in [0.2, 0.25) is 0 Å². The molecule has 1 heterocycles. The fourth-order valence-corrected chi connectivity index (χ4v) is 2.10. The molecule has 5 nitrogen and oxygen atoms in total. The van der Waals surface area contributed by atoms with Gasteiger partial charge in [-0.1, -0.05) is 0 Å². The lowest BCUT2D eigenvalue weighted by atomic mass is 10.2. The van der Waals surface area contributed by atoms with Gasteiger partial charge in [-0.05, 0) is 45.5 Å². The molecule has 0 amide bonds. The van der Waals surface area contributed by atoms with Crippen LogP contribution in [0.15, 0.2) is 12.3 Å². The number of ether oxygens (including phenoxy) is 1. The molecule has 0 radical (unpaired) electrons. The number of hydrogen-bond donors (Lipinski definition) is 2. The van der Waals surface area contributed by atoms with Crippen molar-refractivity contribution in [1.29, 1.82) is 0 Å². The summed E-state index contributed by atoms with van der Waals surface area (Å²) in [6.07, 6.45) is 2.77. The van der Waals surface area contributed by atoms with Crippen molar-refractivity contribution in [2.45, 2.75) is 39.8 Å². The van der Waals surface area contributed by atoms with Crippen LogP contribution >= 0.6 is 12.2 Å². The lowest BCUT2D eigenvalue weighted by molar-refractivity contribution is 0.145. The number of thiocarbonyl (C=S) groups is 1. The SMILES string of the molecule is CCOCCCNC(=S)NC(C)c1ccnn1CC. The van der Waals surface area contributed by atoms with Crippen molar-refractivity contribution in [3.8, 4) is 0 Å². The predicted octanol–water partition coefficient (Wildman–Crippen LogP) is 1.85. The zero-order valence-corrected chi connectivity index (χ0v) is 12.8. The summed E-state index contributed by atoms with van der Waals surface area (Å²) in [7, 11) is 0. The van der Waals surface area contributed by atoms with Crippen molar-refractivity contribution in [1.82, 2.24) is 20.4 Å². The van der Waals surface area contributed by atoms with E-state index in [0.29, 0.717) is 5.11 Å². The molecule has 1 rings (SSSR count). The summed E-state index contributed by atoms with van der Waals surface area (Å²) in [5.41, 5.74) is 1.14. The normalized spacial score (nSPS) is 12.2. The summed E-state index contributed by atoms with van der Waals surface area (Å²) < 4.78 is 7.24. The first kappa shape index (κ1) is 15.9. The Kier molecular flexibility index (Phi) is 7.43. The van der Waals surface area contributed by atoms with E-state index >= 15 is 0 Å². The molecule has 0 saturated carbocycles. The van der Waals surface area contributed by atoms with E-state index < -0.39 is 0 Å². The van der Waals surface area contributed by atoms with Gasteiger partial charge in [0, 0.05) is 32.5 Å². The molecule has 1 aromatic heterocycles. The Hall–Kier alpha value is -1.14. The topological polar surface area (TPSA) is 51.1 Å². The van der Waals surface area contributed by atoms with Gasteiger partial charge in [-0.25, -0.2) is 0 Å². The molecule has 1 unspecified atom stereocenters. The maximum Gasteiger partial charge on any atom is 0.166 e. The first-order chi connectivity index (χ1) is 9.19. The van der Waals surface area contributed by atoms with Crippen LogP contribution in [0.3, 0.4) is 0 Å². The molecule has 0 fully saturated rings. The zero-order valence-electron chi connectivity index (χ0n) is 12.0. The molecular weight excluding hydrogens is 260 g/mol. The van der Waals surface area contributed by atoms with E-state index in [1.807, 2.05) is 23.9 Å². The van der Waals surface area contributed by atoms with Crippen molar-refractivity contribution < 1.29 is 4.74 Å². The van der Waals surface area contributed by atoms with Gasteiger partial charge in [-0.2, -0.15) is 5.10 Å². The smallest absolute Gasteiger partial charge is 0.166 e. The van der Waals surface area contributed by atoms with Gasteiger partial charge in [0.1, 0.15) is 0 Å². The minimum Gasteiger partial charge on any atom is -0.382 e. The summed E-state index contributed by atoms with van der Waals surface area (Å²) in [5, 5.41) is 11.4. The molecule has 6 heteroatoms. The van der Waals surface area contributed by atoms with Crippen molar-refractivity contribution in [2.75, 3.05) is 19.8 Å².